The third-order valence-corrected chi connectivity index (χ3v) is 5.38. The third kappa shape index (κ3) is 3.00. The molecule has 0 radical (unpaired) electrons. The van der Waals surface area contributed by atoms with Gasteiger partial charge in [-0.1, -0.05) is 6.07 Å². The zero-order chi connectivity index (χ0) is 17.4. The molecule has 23 heavy (non-hydrogen) atoms. The summed E-state index contributed by atoms with van der Waals surface area (Å²) in [4.78, 5) is 32.2. The number of nitrogens with zero attached hydrogens (tertiary/aromatic N) is 2. The van der Waals surface area contributed by atoms with E-state index in [0.717, 1.165) is 10.4 Å². The Labute approximate surface area is 130 Å². The summed E-state index contributed by atoms with van der Waals surface area (Å²) < 4.78 is 26.2. The Morgan fingerprint density at radius 1 is 1.43 bits per heavy atom. The van der Waals surface area contributed by atoms with Gasteiger partial charge in [-0.25, -0.2) is 13.2 Å². The number of amides is 1. The number of rotatable bonds is 4. The summed E-state index contributed by atoms with van der Waals surface area (Å²) in [5, 5.41) is 22.7. The second-order valence-corrected chi connectivity index (χ2v) is 6.73. The molecule has 11 heteroatoms. The van der Waals surface area contributed by atoms with Crippen LogP contribution < -0.4 is 5.32 Å². The van der Waals surface area contributed by atoms with Gasteiger partial charge in [-0.2, -0.15) is 4.31 Å². The molecule has 2 rings (SSSR count). The number of carbonyl (C=O) groups is 2. The lowest BCUT2D eigenvalue weighted by Gasteiger charge is -2.27. The second kappa shape index (κ2) is 5.93. The summed E-state index contributed by atoms with van der Waals surface area (Å²) >= 11 is 0. The van der Waals surface area contributed by atoms with Gasteiger partial charge in [0.2, 0.25) is 15.9 Å². The number of nitro groups is 1. The molecule has 1 fully saturated rings. The van der Waals surface area contributed by atoms with Gasteiger partial charge in [0, 0.05) is 19.2 Å². The number of hydrogen-bond acceptors (Lipinski definition) is 6. The van der Waals surface area contributed by atoms with Crippen molar-refractivity contribution in [2.24, 2.45) is 0 Å². The standard InChI is InChI=1S/C12H13N3O7S/c1-7-2-3-8(15(19)20)10(12(17)18)11(7)23(21,22)14-5-4-13-9(16)6-14/h2-3H,4-6H2,1H3,(H,13,16)(H,17,18). The summed E-state index contributed by atoms with van der Waals surface area (Å²) in [5.41, 5.74) is -1.66. The number of nitro benzene ring substituents is 1. The predicted octanol–water partition coefficient (Wildman–Crippen LogP) is -0.278. The van der Waals surface area contributed by atoms with Crippen molar-refractivity contribution in [2.45, 2.75) is 11.8 Å². The first kappa shape index (κ1) is 16.8. The summed E-state index contributed by atoms with van der Waals surface area (Å²) in [6.45, 7) is 0.903. The lowest BCUT2D eigenvalue weighted by molar-refractivity contribution is -0.385. The highest BCUT2D eigenvalue weighted by atomic mass is 32.2. The average Bonchev–Trinajstić information content (AvgIpc) is 2.46. The maximum Gasteiger partial charge on any atom is 0.344 e. The van der Waals surface area contributed by atoms with Crippen LogP contribution in [-0.4, -0.2) is 54.3 Å². The molecule has 1 aliphatic rings. The van der Waals surface area contributed by atoms with Crippen LogP contribution >= 0.6 is 0 Å². The van der Waals surface area contributed by atoms with Gasteiger partial charge in [0.1, 0.15) is 4.90 Å². The van der Waals surface area contributed by atoms with Crippen molar-refractivity contribution in [3.8, 4) is 0 Å². The van der Waals surface area contributed by atoms with E-state index in [1.54, 1.807) is 0 Å². The number of carboxylic acid groups (broad SMARTS) is 1. The number of nitrogens with one attached hydrogen (secondary N) is 1. The van der Waals surface area contributed by atoms with E-state index in [1.165, 1.54) is 13.0 Å². The van der Waals surface area contributed by atoms with Crippen molar-refractivity contribution < 1.29 is 28.0 Å². The molecule has 1 aliphatic heterocycles. The van der Waals surface area contributed by atoms with Crippen LogP contribution in [0.25, 0.3) is 0 Å². The molecular formula is C12H13N3O7S. The molecule has 2 N–H and O–H groups in total. The molecule has 0 saturated carbocycles. The Bertz CT molecular complexity index is 803. The number of aromatic carboxylic acids is 1. The Balaban J connectivity index is 2.70. The van der Waals surface area contributed by atoms with Gasteiger partial charge in [0.15, 0.2) is 5.56 Å². The lowest BCUT2D eigenvalue weighted by Crippen LogP contribution is -2.50. The number of carboxylic acids is 1. The van der Waals surface area contributed by atoms with Gasteiger partial charge in [0.25, 0.3) is 5.69 Å². The van der Waals surface area contributed by atoms with Gasteiger partial charge < -0.3 is 10.4 Å². The number of piperazine rings is 1. The van der Waals surface area contributed by atoms with Crippen LogP contribution in [0.3, 0.4) is 0 Å². The third-order valence-electron chi connectivity index (χ3n) is 3.34. The summed E-state index contributed by atoms with van der Waals surface area (Å²) in [5.74, 6) is -2.25. The van der Waals surface area contributed by atoms with E-state index in [9.17, 15) is 33.2 Å². The van der Waals surface area contributed by atoms with Crippen molar-refractivity contribution in [3.05, 3.63) is 33.4 Å². The number of carbonyl (C=O) groups excluding carboxylic acids is 1. The van der Waals surface area contributed by atoms with Gasteiger partial charge >= 0.3 is 5.97 Å². The fourth-order valence-corrected chi connectivity index (χ4v) is 4.12. The Morgan fingerprint density at radius 2 is 2.09 bits per heavy atom. The maximum atomic E-state index is 12.7. The van der Waals surface area contributed by atoms with E-state index < -0.39 is 49.5 Å². The molecule has 1 saturated heterocycles. The molecule has 1 aromatic rings. The highest BCUT2D eigenvalue weighted by Gasteiger charge is 2.37. The van der Waals surface area contributed by atoms with E-state index in [4.69, 9.17) is 0 Å². The van der Waals surface area contributed by atoms with Crippen molar-refractivity contribution in [3.63, 3.8) is 0 Å². The van der Waals surface area contributed by atoms with Crippen molar-refractivity contribution >= 4 is 27.6 Å². The molecule has 0 aliphatic carbocycles. The molecule has 0 spiro atoms. The molecule has 1 heterocycles. The zero-order valence-electron chi connectivity index (χ0n) is 12.0. The maximum absolute atomic E-state index is 12.7. The molecule has 1 amide bonds. The highest BCUT2D eigenvalue weighted by Crippen LogP contribution is 2.31. The monoisotopic (exact) mass is 343 g/mol. The van der Waals surface area contributed by atoms with Gasteiger partial charge in [-0.3, -0.25) is 14.9 Å². The van der Waals surface area contributed by atoms with E-state index in [0.29, 0.717) is 0 Å². The van der Waals surface area contributed by atoms with Gasteiger partial charge in [-0.05, 0) is 12.5 Å². The molecule has 124 valence electrons. The van der Waals surface area contributed by atoms with E-state index >= 15 is 0 Å². The van der Waals surface area contributed by atoms with E-state index in [2.05, 4.69) is 5.32 Å². The van der Waals surface area contributed by atoms with Crippen molar-refractivity contribution in [1.29, 1.82) is 0 Å². The van der Waals surface area contributed by atoms with Crippen LogP contribution in [0.5, 0.6) is 0 Å². The Hall–Kier alpha value is -2.53. The average molecular weight is 343 g/mol. The fraction of sp³-hybridized carbons (Fsp3) is 0.333. The van der Waals surface area contributed by atoms with Crippen molar-refractivity contribution in [1.82, 2.24) is 9.62 Å². The smallest absolute Gasteiger partial charge is 0.344 e. The van der Waals surface area contributed by atoms with Gasteiger partial charge in [0.05, 0.1) is 11.5 Å². The molecular weight excluding hydrogens is 330 g/mol. The van der Waals surface area contributed by atoms with Crippen molar-refractivity contribution in [2.75, 3.05) is 19.6 Å². The molecule has 1 aromatic carbocycles. The highest BCUT2D eigenvalue weighted by molar-refractivity contribution is 7.89. The number of sulfonamides is 1. The topological polar surface area (TPSA) is 147 Å². The summed E-state index contributed by atoms with van der Waals surface area (Å²) in [6.07, 6.45) is 0. The molecule has 10 nitrogen and oxygen atoms in total. The summed E-state index contributed by atoms with van der Waals surface area (Å²) in [7, 11) is -4.37. The normalized spacial score (nSPS) is 16.0. The number of aryl methyl sites for hydroxylation is 1. The minimum atomic E-state index is -4.37. The minimum Gasteiger partial charge on any atom is -0.477 e. The van der Waals surface area contributed by atoms with E-state index in [-0.39, 0.29) is 18.7 Å². The fourth-order valence-electron chi connectivity index (χ4n) is 2.32. The molecule has 0 aromatic heterocycles. The molecule has 0 atom stereocenters. The molecule has 0 unspecified atom stereocenters. The molecule has 0 bridgehead atoms. The Kier molecular flexibility index (Phi) is 4.34. The first-order valence-electron chi connectivity index (χ1n) is 6.44. The number of hydrogen-bond donors (Lipinski definition) is 2. The Morgan fingerprint density at radius 3 is 2.61 bits per heavy atom. The minimum absolute atomic E-state index is 0.0464. The van der Waals surface area contributed by atoms with E-state index in [1.807, 2.05) is 0 Å². The predicted molar refractivity (Wildman–Crippen MR) is 76.6 cm³/mol. The zero-order valence-corrected chi connectivity index (χ0v) is 12.8. The van der Waals surface area contributed by atoms with Gasteiger partial charge in [-0.15, -0.1) is 0 Å². The lowest BCUT2D eigenvalue weighted by atomic mass is 10.1. The SMILES string of the molecule is Cc1ccc([N+](=O)[O-])c(C(=O)O)c1S(=O)(=O)N1CCNC(=O)C1. The van der Waals surface area contributed by atoms with Crippen LogP contribution in [0.4, 0.5) is 5.69 Å². The largest absolute Gasteiger partial charge is 0.477 e. The van der Waals surface area contributed by atoms with Crippen LogP contribution in [0.2, 0.25) is 0 Å². The van der Waals surface area contributed by atoms with Crippen LogP contribution in [0.1, 0.15) is 15.9 Å². The van der Waals surface area contributed by atoms with Crippen LogP contribution in [-0.2, 0) is 14.8 Å². The summed E-state index contributed by atoms with van der Waals surface area (Å²) in [6, 6.07) is 2.11. The quantitative estimate of drug-likeness (QED) is 0.564. The number of benzene rings is 1. The first-order chi connectivity index (χ1) is 10.7. The van der Waals surface area contributed by atoms with Crippen LogP contribution in [0, 0.1) is 17.0 Å². The first-order valence-corrected chi connectivity index (χ1v) is 7.88. The van der Waals surface area contributed by atoms with Crippen LogP contribution in [0.15, 0.2) is 17.0 Å². The second-order valence-electron chi connectivity index (χ2n) is 4.86.